The highest BCUT2D eigenvalue weighted by molar-refractivity contribution is 6.07. The molecule has 0 aliphatic rings. The van der Waals surface area contributed by atoms with Gasteiger partial charge in [0.1, 0.15) is 5.70 Å². The number of carboxylic acid groups (broad SMARTS) is 1. The Labute approximate surface area is 109 Å². The molecule has 0 saturated carbocycles. The van der Waals surface area contributed by atoms with Crippen LogP contribution >= 0.6 is 0 Å². The first-order valence-corrected chi connectivity index (χ1v) is 5.47. The van der Waals surface area contributed by atoms with E-state index >= 15 is 0 Å². The van der Waals surface area contributed by atoms with Gasteiger partial charge in [-0.3, -0.25) is 4.79 Å². The predicted octanol–water partition coefficient (Wildman–Crippen LogP) is 1.19. The van der Waals surface area contributed by atoms with Gasteiger partial charge >= 0.3 is 11.9 Å². The lowest BCUT2D eigenvalue weighted by Gasteiger charge is -2.09. The van der Waals surface area contributed by atoms with Gasteiger partial charge in [0.05, 0.1) is 17.7 Å². The van der Waals surface area contributed by atoms with Gasteiger partial charge in [-0.25, -0.2) is 9.59 Å². The first-order chi connectivity index (χ1) is 8.97. The van der Waals surface area contributed by atoms with Crippen molar-refractivity contribution in [3.8, 4) is 0 Å². The van der Waals surface area contributed by atoms with Gasteiger partial charge in [0, 0.05) is 0 Å². The molecule has 0 unspecified atom stereocenters. The van der Waals surface area contributed by atoms with Crippen LogP contribution in [-0.4, -0.2) is 29.6 Å². The van der Waals surface area contributed by atoms with E-state index < -0.39 is 23.5 Å². The quantitative estimate of drug-likeness (QED) is 0.615. The maximum Gasteiger partial charge on any atom is 0.351 e. The minimum atomic E-state index is -1.35. The topological polar surface area (TPSA) is 92.7 Å². The minimum Gasteiger partial charge on any atom is -0.477 e. The molecule has 0 aliphatic heterocycles. The lowest BCUT2D eigenvalue weighted by molar-refractivity contribution is -0.132. The number of nitrogens with one attached hydrogen (secondary N) is 1. The third-order valence-electron chi connectivity index (χ3n) is 2.19. The van der Waals surface area contributed by atoms with Gasteiger partial charge in [0.2, 0.25) is 0 Å². The first kappa shape index (κ1) is 14.4. The first-order valence-electron chi connectivity index (χ1n) is 5.47. The molecular weight excluding hydrogens is 250 g/mol. The molecule has 6 nitrogen and oxygen atoms in total. The van der Waals surface area contributed by atoms with Crippen molar-refractivity contribution in [1.29, 1.82) is 0 Å². The molecule has 0 radical (unpaired) electrons. The summed E-state index contributed by atoms with van der Waals surface area (Å²) >= 11 is 0. The van der Waals surface area contributed by atoms with Gasteiger partial charge in [-0.15, -0.1) is 0 Å². The normalized spacial score (nSPS) is 9.53. The van der Waals surface area contributed by atoms with Crippen LogP contribution in [0.4, 0.5) is 0 Å². The Kier molecular flexibility index (Phi) is 4.82. The largest absolute Gasteiger partial charge is 0.477 e. The Morgan fingerprint density at radius 3 is 2.37 bits per heavy atom. The molecule has 1 aromatic carbocycles. The fraction of sp³-hybridized carbons (Fsp3) is 0.154. The van der Waals surface area contributed by atoms with E-state index in [2.05, 4.69) is 11.9 Å². The number of hydrogen-bond acceptors (Lipinski definition) is 4. The molecule has 0 saturated heterocycles. The summed E-state index contributed by atoms with van der Waals surface area (Å²) in [7, 11) is 0. The highest BCUT2D eigenvalue weighted by Crippen LogP contribution is 2.11. The predicted molar refractivity (Wildman–Crippen MR) is 66.6 cm³/mol. The summed E-state index contributed by atoms with van der Waals surface area (Å²) in [6, 6.07) is 5.96. The summed E-state index contributed by atoms with van der Waals surface area (Å²) in [6.45, 7) is 5.01. The van der Waals surface area contributed by atoms with Gasteiger partial charge in [-0.2, -0.15) is 0 Å². The second-order valence-corrected chi connectivity index (χ2v) is 3.50. The van der Waals surface area contributed by atoms with Crippen LogP contribution in [0, 0.1) is 0 Å². The van der Waals surface area contributed by atoms with E-state index in [0.29, 0.717) is 0 Å². The van der Waals surface area contributed by atoms with Crippen LogP contribution in [0.3, 0.4) is 0 Å². The van der Waals surface area contributed by atoms with Crippen LogP contribution in [0.5, 0.6) is 0 Å². The van der Waals surface area contributed by atoms with Gasteiger partial charge < -0.3 is 15.2 Å². The number of esters is 1. The third-order valence-corrected chi connectivity index (χ3v) is 2.19. The van der Waals surface area contributed by atoms with Crippen LogP contribution in [0.25, 0.3) is 0 Å². The molecule has 6 heteroatoms. The molecule has 1 amide bonds. The average molecular weight is 263 g/mol. The molecule has 0 heterocycles. The minimum absolute atomic E-state index is 0.0309. The van der Waals surface area contributed by atoms with E-state index in [9.17, 15) is 14.4 Å². The zero-order valence-corrected chi connectivity index (χ0v) is 10.3. The molecule has 0 spiro atoms. The lowest BCUT2D eigenvalue weighted by atomic mass is 10.1. The molecule has 0 fully saturated rings. The Morgan fingerprint density at radius 2 is 1.84 bits per heavy atom. The second-order valence-electron chi connectivity index (χ2n) is 3.50. The number of benzene rings is 1. The summed E-state index contributed by atoms with van der Waals surface area (Å²) in [5.41, 5.74) is -0.368. The fourth-order valence-corrected chi connectivity index (χ4v) is 1.33. The Balaban J connectivity index is 3.00. The van der Waals surface area contributed by atoms with Gasteiger partial charge in [0.25, 0.3) is 5.91 Å². The van der Waals surface area contributed by atoms with E-state index in [-0.39, 0.29) is 17.7 Å². The number of carboxylic acids is 1. The van der Waals surface area contributed by atoms with Crippen LogP contribution in [-0.2, 0) is 9.53 Å². The summed E-state index contributed by atoms with van der Waals surface area (Å²) in [6.07, 6.45) is 0. The van der Waals surface area contributed by atoms with Gasteiger partial charge in [-0.05, 0) is 19.1 Å². The van der Waals surface area contributed by atoms with Gasteiger partial charge in [0.15, 0.2) is 0 Å². The maximum atomic E-state index is 11.8. The molecule has 100 valence electrons. The van der Waals surface area contributed by atoms with Crippen molar-refractivity contribution in [2.75, 3.05) is 6.61 Å². The van der Waals surface area contributed by atoms with Crippen molar-refractivity contribution < 1.29 is 24.2 Å². The molecule has 0 bridgehead atoms. The lowest BCUT2D eigenvalue weighted by Crippen LogP contribution is -2.28. The second kappa shape index (κ2) is 6.34. The number of carbonyl (C=O) groups is 3. The van der Waals surface area contributed by atoms with Crippen LogP contribution in [0.15, 0.2) is 36.5 Å². The zero-order valence-electron chi connectivity index (χ0n) is 10.3. The average Bonchev–Trinajstić information content (AvgIpc) is 2.38. The zero-order chi connectivity index (χ0) is 14.4. The van der Waals surface area contributed by atoms with Crippen molar-refractivity contribution in [2.24, 2.45) is 0 Å². The van der Waals surface area contributed by atoms with Crippen molar-refractivity contribution in [2.45, 2.75) is 6.92 Å². The highest BCUT2D eigenvalue weighted by atomic mass is 16.5. The Hall–Kier alpha value is -2.63. The third kappa shape index (κ3) is 3.67. The van der Waals surface area contributed by atoms with Crippen molar-refractivity contribution in [3.63, 3.8) is 0 Å². The Bertz CT molecular complexity index is 536. The standard InChI is InChI=1S/C13H13NO5/c1-3-19-13(18)10-7-5-4-6-9(10)11(15)14-8(2)12(16)17/h4-7H,2-3H2,1H3,(H,14,15)(H,16,17). The van der Waals surface area contributed by atoms with Crippen molar-refractivity contribution in [1.82, 2.24) is 5.32 Å². The molecule has 0 atom stereocenters. The van der Waals surface area contributed by atoms with Crippen molar-refractivity contribution in [3.05, 3.63) is 47.7 Å². The number of rotatable bonds is 5. The number of amides is 1. The molecule has 1 rings (SSSR count). The highest BCUT2D eigenvalue weighted by Gasteiger charge is 2.19. The number of aliphatic carboxylic acids is 1. The summed E-state index contributed by atoms with van der Waals surface area (Å²) < 4.78 is 4.81. The van der Waals surface area contributed by atoms with E-state index in [1.54, 1.807) is 19.1 Å². The smallest absolute Gasteiger partial charge is 0.351 e. The summed E-state index contributed by atoms with van der Waals surface area (Å²) in [4.78, 5) is 34.1. The van der Waals surface area contributed by atoms with E-state index in [0.717, 1.165) is 0 Å². The summed E-state index contributed by atoms with van der Waals surface area (Å²) in [5.74, 6) is -2.72. The summed E-state index contributed by atoms with van der Waals surface area (Å²) in [5, 5.41) is 10.7. The van der Waals surface area contributed by atoms with E-state index in [4.69, 9.17) is 9.84 Å². The van der Waals surface area contributed by atoms with Crippen LogP contribution < -0.4 is 5.32 Å². The molecular formula is C13H13NO5. The number of hydrogen-bond donors (Lipinski definition) is 2. The number of ether oxygens (including phenoxy) is 1. The molecule has 19 heavy (non-hydrogen) atoms. The van der Waals surface area contributed by atoms with E-state index in [1.807, 2.05) is 0 Å². The van der Waals surface area contributed by atoms with Crippen molar-refractivity contribution >= 4 is 17.8 Å². The monoisotopic (exact) mass is 263 g/mol. The Morgan fingerprint density at radius 1 is 1.26 bits per heavy atom. The van der Waals surface area contributed by atoms with Gasteiger partial charge in [-0.1, -0.05) is 18.7 Å². The van der Waals surface area contributed by atoms with Crippen LogP contribution in [0.1, 0.15) is 27.6 Å². The maximum absolute atomic E-state index is 11.8. The number of carbonyl (C=O) groups excluding carboxylic acids is 2. The fourth-order valence-electron chi connectivity index (χ4n) is 1.33. The molecule has 1 aromatic rings. The van der Waals surface area contributed by atoms with Crippen LogP contribution in [0.2, 0.25) is 0 Å². The molecule has 0 aromatic heterocycles. The SMILES string of the molecule is C=C(NC(=O)c1ccccc1C(=O)OCC)C(=O)O. The van der Waals surface area contributed by atoms with E-state index in [1.165, 1.54) is 12.1 Å². The molecule has 0 aliphatic carbocycles. The molecule has 2 N–H and O–H groups in total.